The fourth-order valence-corrected chi connectivity index (χ4v) is 3.12. The van der Waals surface area contributed by atoms with Crippen LogP contribution in [0, 0.1) is 11.8 Å². The average Bonchev–Trinajstić information content (AvgIpc) is 2.76. The van der Waals surface area contributed by atoms with Gasteiger partial charge >= 0.3 is 0 Å². The molecule has 0 radical (unpaired) electrons. The lowest BCUT2D eigenvalue weighted by Gasteiger charge is -2.34. The Morgan fingerprint density at radius 1 is 1.39 bits per heavy atom. The molecule has 1 aliphatic carbocycles. The highest BCUT2D eigenvalue weighted by molar-refractivity contribution is 9.10. The smallest absolute Gasteiger partial charge is 0.287 e. The molecule has 1 N–H and O–H groups in total. The van der Waals surface area contributed by atoms with Crippen LogP contribution >= 0.6 is 15.9 Å². The van der Waals surface area contributed by atoms with E-state index in [1.807, 2.05) is 0 Å². The van der Waals surface area contributed by atoms with Gasteiger partial charge in [-0.15, -0.1) is 0 Å². The predicted octanol–water partition coefficient (Wildman–Crippen LogP) is 3.99. The number of hydrogen-bond acceptors (Lipinski definition) is 2. The third-order valence-electron chi connectivity index (χ3n) is 3.79. The first-order valence-corrected chi connectivity index (χ1v) is 7.43. The molecule has 3 nitrogen and oxygen atoms in total. The molecule has 0 aromatic carbocycles. The van der Waals surface area contributed by atoms with Crippen LogP contribution in [0.4, 0.5) is 0 Å². The lowest BCUT2D eigenvalue weighted by molar-refractivity contribution is 0.0859. The van der Waals surface area contributed by atoms with Gasteiger partial charge in [0, 0.05) is 6.04 Å². The minimum Gasteiger partial charge on any atom is -0.444 e. The lowest BCUT2D eigenvalue weighted by atomic mass is 9.78. The molecule has 4 heteroatoms. The molecule has 100 valence electrons. The SMILES string of the molecule is CC(C)C1CCCCC1NC(=O)c1ccc(Br)o1. The summed E-state index contributed by atoms with van der Waals surface area (Å²) in [6.45, 7) is 4.47. The number of furan rings is 1. The van der Waals surface area contributed by atoms with Gasteiger partial charge in [-0.05, 0) is 52.7 Å². The summed E-state index contributed by atoms with van der Waals surface area (Å²) in [5.41, 5.74) is 0. The summed E-state index contributed by atoms with van der Waals surface area (Å²) in [7, 11) is 0. The maximum Gasteiger partial charge on any atom is 0.287 e. The molecule has 2 atom stereocenters. The highest BCUT2D eigenvalue weighted by atomic mass is 79.9. The second-order valence-electron chi connectivity index (χ2n) is 5.38. The topological polar surface area (TPSA) is 42.2 Å². The van der Waals surface area contributed by atoms with Crippen molar-refractivity contribution in [1.82, 2.24) is 5.32 Å². The molecule has 1 fully saturated rings. The third-order valence-corrected chi connectivity index (χ3v) is 4.22. The van der Waals surface area contributed by atoms with Crippen LogP contribution in [0.1, 0.15) is 50.1 Å². The van der Waals surface area contributed by atoms with Gasteiger partial charge in [0.05, 0.1) is 0 Å². The zero-order chi connectivity index (χ0) is 13.1. The lowest BCUT2D eigenvalue weighted by Crippen LogP contribution is -2.43. The van der Waals surface area contributed by atoms with Crippen molar-refractivity contribution in [2.45, 2.75) is 45.6 Å². The first kappa shape index (κ1) is 13.7. The van der Waals surface area contributed by atoms with E-state index in [-0.39, 0.29) is 11.9 Å². The average molecular weight is 314 g/mol. The van der Waals surface area contributed by atoms with Crippen molar-refractivity contribution in [3.05, 3.63) is 22.6 Å². The number of hydrogen-bond donors (Lipinski definition) is 1. The van der Waals surface area contributed by atoms with E-state index in [2.05, 4.69) is 35.1 Å². The Hall–Kier alpha value is -0.770. The Kier molecular flexibility index (Phi) is 4.49. The monoisotopic (exact) mass is 313 g/mol. The van der Waals surface area contributed by atoms with E-state index in [1.54, 1.807) is 12.1 Å². The van der Waals surface area contributed by atoms with E-state index < -0.39 is 0 Å². The van der Waals surface area contributed by atoms with Crippen LogP contribution in [-0.2, 0) is 0 Å². The normalized spacial score (nSPS) is 24.2. The minimum atomic E-state index is -0.0988. The first-order valence-electron chi connectivity index (χ1n) is 6.64. The largest absolute Gasteiger partial charge is 0.444 e. The Balaban J connectivity index is 2.00. The maximum absolute atomic E-state index is 12.1. The van der Waals surface area contributed by atoms with Crippen molar-refractivity contribution in [3.63, 3.8) is 0 Å². The van der Waals surface area contributed by atoms with E-state index in [1.165, 1.54) is 19.3 Å². The molecule has 1 aromatic rings. The van der Waals surface area contributed by atoms with Crippen molar-refractivity contribution in [3.8, 4) is 0 Å². The molecule has 2 rings (SSSR count). The van der Waals surface area contributed by atoms with E-state index in [4.69, 9.17) is 4.42 Å². The molecule has 1 amide bonds. The molecule has 1 aliphatic rings. The second-order valence-corrected chi connectivity index (χ2v) is 6.16. The van der Waals surface area contributed by atoms with E-state index >= 15 is 0 Å². The fraction of sp³-hybridized carbons (Fsp3) is 0.643. The summed E-state index contributed by atoms with van der Waals surface area (Å²) in [5, 5.41) is 3.13. The number of carbonyl (C=O) groups is 1. The fourth-order valence-electron chi connectivity index (χ4n) is 2.81. The Morgan fingerprint density at radius 3 is 2.72 bits per heavy atom. The van der Waals surface area contributed by atoms with Gasteiger partial charge in [-0.3, -0.25) is 4.79 Å². The number of halogens is 1. The Morgan fingerprint density at radius 2 is 2.11 bits per heavy atom. The van der Waals surface area contributed by atoms with E-state index in [0.29, 0.717) is 22.3 Å². The van der Waals surface area contributed by atoms with Crippen LogP contribution in [0.15, 0.2) is 21.2 Å². The standard InChI is InChI=1S/C14H20BrNO2/c1-9(2)10-5-3-4-6-11(10)16-14(17)12-7-8-13(15)18-12/h7-11H,3-6H2,1-2H3,(H,16,17). The summed E-state index contributed by atoms with van der Waals surface area (Å²) >= 11 is 3.21. The van der Waals surface area contributed by atoms with Crippen molar-refractivity contribution in [2.75, 3.05) is 0 Å². The second kappa shape index (κ2) is 5.91. The molecule has 0 aliphatic heterocycles. The molecular formula is C14H20BrNO2. The zero-order valence-corrected chi connectivity index (χ0v) is 12.5. The maximum atomic E-state index is 12.1. The van der Waals surface area contributed by atoms with Gasteiger partial charge in [0.2, 0.25) is 0 Å². The number of carbonyl (C=O) groups excluding carboxylic acids is 1. The highest BCUT2D eigenvalue weighted by Gasteiger charge is 2.29. The van der Waals surface area contributed by atoms with Crippen molar-refractivity contribution < 1.29 is 9.21 Å². The van der Waals surface area contributed by atoms with Crippen LogP contribution in [0.25, 0.3) is 0 Å². The van der Waals surface area contributed by atoms with Gasteiger partial charge < -0.3 is 9.73 Å². The van der Waals surface area contributed by atoms with Crippen LogP contribution in [-0.4, -0.2) is 11.9 Å². The van der Waals surface area contributed by atoms with Gasteiger partial charge in [-0.1, -0.05) is 26.7 Å². The van der Waals surface area contributed by atoms with Gasteiger partial charge in [0.1, 0.15) is 0 Å². The molecule has 1 aromatic heterocycles. The molecule has 0 bridgehead atoms. The van der Waals surface area contributed by atoms with Gasteiger partial charge in [0.15, 0.2) is 10.4 Å². The van der Waals surface area contributed by atoms with Crippen LogP contribution in [0.5, 0.6) is 0 Å². The van der Waals surface area contributed by atoms with Crippen LogP contribution < -0.4 is 5.32 Å². The Labute approximate surface area is 116 Å². The quantitative estimate of drug-likeness (QED) is 0.917. The number of amides is 1. The molecule has 1 saturated carbocycles. The molecule has 18 heavy (non-hydrogen) atoms. The van der Waals surface area contributed by atoms with Crippen LogP contribution in [0.3, 0.4) is 0 Å². The first-order chi connectivity index (χ1) is 8.58. The minimum absolute atomic E-state index is 0.0988. The number of rotatable bonds is 3. The molecule has 1 heterocycles. The highest BCUT2D eigenvalue weighted by Crippen LogP contribution is 2.30. The summed E-state index contributed by atoms with van der Waals surface area (Å²) in [6, 6.07) is 3.73. The van der Waals surface area contributed by atoms with E-state index in [0.717, 1.165) is 6.42 Å². The van der Waals surface area contributed by atoms with Crippen LogP contribution in [0.2, 0.25) is 0 Å². The summed E-state index contributed by atoms with van der Waals surface area (Å²) in [6.07, 6.45) is 4.78. The van der Waals surface area contributed by atoms with Gasteiger partial charge in [-0.25, -0.2) is 0 Å². The van der Waals surface area contributed by atoms with Gasteiger partial charge in [-0.2, -0.15) is 0 Å². The molecular weight excluding hydrogens is 294 g/mol. The predicted molar refractivity (Wildman–Crippen MR) is 74.5 cm³/mol. The molecule has 0 spiro atoms. The summed E-state index contributed by atoms with van der Waals surface area (Å²) in [5.74, 6) is 1.48. The van der Waals surface area contributed by atoms with Crippen molar-refractivity contribution >= 4 is 21.8 Å². The molecule has 2 unspecified atom stereocenters. The number of nitrogens with one attached hydrogen (secondary N) is 1. The Bertz CT molecular complexity index is 414. The summed E-state index contributed by atoms with van der Waals surface area (Å²) in [4.78, 5) is 12.1. The van der Waals surface area contributed by atoms with Crippen molar-refractivity contribution in [1.29, 1.82) is 0 Å². The zero-order valence-electron chi connectivity index (χ0n) is 10.9. The van der Waals surface area contributed by atoms with Crippen molar-refractivity contribution in [2.24, 2.45) is 11.8 Å². The van der Waals surface area contributed by atoms with Gasteiger partial charge in [0.25, 0.3) is 5.91 Å². The van der Waals surface area contributed by atoms with E-state index in [9.17, 15) is 4.79 Å². The molecule has 0 saturated heterocycles. The summed E-state index contributed by atoms with van der Waals surface area (Å²) < 4.78 is 5.88. The third kappa shape index (κ3) is 3.16.